The number of hydrogen-bond acceptors (Lipinski definition) is 4. The summed E-state index contributed by atoms with van der Waals surface area (Å²) in [4.78, 5) is 4.33. The summed E-state index contributed by atoms with van der Waals surface area (Å²) in [5.41, 5.74) is 0.600. The Hall–Kier alpha value is -1.27. The van der Waals surface area contributed by atoms with E-state index in [0.717, 1.165) is 23.9 Å². The first-order chi connectivity index (χ1) is 8.74. The number of benzene rings is 1. The molecule has 2 heterocycles. The SMILES string of the molecule is Fc1ccc(Br)c(-c2noc([C@@H]3CCCN3)n2)c1. The summed E-state index contributed by atoms with van der Waals surface area (Å²) in [5.74, 6) is 0.655. The summed E-state index contributed by atoms with van der Waals surface area (Å²) in [5, 5.41) is 7.19. The molecule has 4 nitrogen and oxygen atoms in total. The lowest BCUT2D eigenvalue weighted by molar-refractivity contribution is 0.345. The maximum absolute atomic E-state index is 13.2. The second-order valence-electron chi connectivity index (χ2n) is 4.23. The van der Waals surface area contributed by atoms with Crippen molar-refractivity contribution in [3.05, 3.63) is 34.4 Å². The van der Waals surface area contributed by atoms with Crippen molar-refractivity contribution in [3.8, 4) is 11.4 Å². The second-order valence-corrected chi connectivity index (χ2v) is 5.08. The van der Waals surface area contributed by atoms with Crippen molar-refractivity contribution in [3.63, 3.8) is 0 Å². The molecular weight excluding hydrogens is 301 g/mol. The largest absolute Gasteiger partial charge is 0.337 e. The average molecular weight is 312 g/mol. The van der Waals surface area contributed by atoms with Crippen LogP contribution in [0.4, 0.5) is 4.39 Å². The molecule has 94 valence electrons. The zero-order valence-electron chi connectivity index (χ0n) is 9.49. The van der Waals surface area contributed by atoms with E-state index in [-0.39, 0.29) is 11.9 Å². The molecule has 1 aromatic carbocycles. The highest BCUT2D eigenvalue weighted by Gasteiger charge is 2.23. The Morgan fingerprint density at radius 2 is 2.33 bits per heavy atom. The molecule has 0 unspecified atom stereocenters. The molecule has 1 aliphatic rings. The van der Waals surface area contributed by atoms with E-state index in [9.17, 15) is 4.39 Å². The summed E-state index contributed by atoms with van der Waals surface area (Å²) in [6.45, 7) is 0.964. The van der Waals surface area contributed by atoms with Crippen LogP contribution in [0.1, 0.15) is 24.8 Å². The number of rotatable bonds is 2. The van der Waals surface area contributed by atoms with Crippen molar-refractivity contribution >= 4 is 15.9 Å². The fourth-order valence-electron chi connectivity index (χ4n) is 2.05. The molecule has 1 atom stereocenters. The number of halogens is 2. The van der Waals surface area contributed by atoms with Gasteiger partial charge in [-0.15, -0.1) is 0 Å². The van der Waals surface area contributed by atoms with Crippen LogP contribution in [0.5, 0.6) is 0 Å². The van der Waals surface area contributed by atoms with Gasteiger partial charge in [0.1, 0.15) is 5.82 Å². The van der Waals surface area contributed by atoms with Gasteiger partial charge in [-0.25, -0.2) is 4.39 Å². The molecule has 0 aliphatic carbocycles. The monoisotopic (exact) mass is 311 g/mol. The van der Waals surface area contributed by atoms with E-state index in [0.29, 0.717) is 17.3 Å². The third-order valence-corrected chi connectivity index (χ3v) is 3.66. The highest BCUT2D eigenvalue weighted by molar-refractivity contribution is 9.10. The van der Waals surface area contributed by atoms with Gasteiger partial charge in [-0.3, -0.25) is 0 Å². The van der Waals surface area contributed by atoms with Crippen molar-refractivity contribution < 1.29 is 8.91 Å². The van der Waals surface area contributed by atoms with Crippen LogP contribution in [0.25, 0.3) is 11.4 Å². The number of nitrogens with one attached hydrogen (secondary N) is 1. The van der Waals surface area contributed by atoms with Gasteiger partial charge < -0.3 is 9.84 Å². The van der Waals surface area contributed by atoms with Crippen LogP contribution < -0.4 is 5.32 Å². The topological polar surface area (TPSA) is 51.0 Å². The Labute approximate surface area is 112 Å². The summed E-state index contributed by atoms with van der Waals surface area (Å²) < 4.78 is 19.2. The third kappa shape index (κ3) is 2.18. The number of aromatic nitrogens is 2. The Bertz CT molecular complexity index is 566. The van der Waals surface area contributed by atoms with Crippen LogP contribution in [0.3, 0.4) is 0 Å². The van der Waals surface area contributed by atoms with Crippen LogP contribution in [0.2, 0.25) is 0 Å². The van der Waals surface area contributed by atoms with Crippen molar-refractivity contribution in [2.24, 2.45) is 0 Å². The molecule has 0 amide bonds. The van der Waals surface area contributed by atoms with E-state index in [4.69, 9.17) is 4.52 Å². The van der Waals surface area contributed by atoms with E-state index < -0.39 is 0 Å². The number of nitrogens with zero attached hydrogens (tertiary/aromatic N) is 2. The lowest BCUT2D eigenvalue weighted by Crippen LogP contribution is -2.12. The molecule has 1 saturated heterocycles. The third-order valence-electron chi connectivity index (χ3n) is 2.97. The molecule has 0 saturated carbocycles. The molecule has 0 spiro atoms. The minimum absolute atomic E-state index is 0.124. The van der Waals surface area contributed by atoms with Gasteiger partial charge in [0.2, 0.25) is 11.7 Å². The van der Waals surface area contributed by atoms with Gasteiger partial charge in [0.15, 0.2) is 0 Å². The second kappa shape index (κ2) is 4.78. The van der Waals surface area contributed by atoms with E-state index >= 15 is 0 Å². The highest BCUT2D eigenvalue weighted by atomic mass is 79.9. The van der Waals surface area contributed by atoms with Crippen molar-refractivity contribution in [1.29, 1.82) is 0 Å². The number of hydrogen-bond donors (Lipinski definition) is 1. The van der Waals surface area contributed by atoms with Crippen LogP contribution >= 0.6 is 15.9 Å². The van der Waals surface area contributed by atoms with Gasteiger partial charge in [-0.2, -0.15) is 4.98 Å². The first-order valence-corrected chi connectivity index (χ1v) is 6.56. The summed E-state index contributed by atoms with van der Waals surface area (Å²) in [6.07, 6.45) is 2.10. The molecule has 1 N–H and O–H groups in total. The van der Waals surface area contributed by atoms with Crippen molar-refractivity contribution in [2.75, 3.05) is 6.54 Å². The van der Waals surface area contributed by atoms with Gasteiger partial charge in [0, 0.05) is 10.0 Å². The van der Waals surface area contributed by atoms with Gasteiger partial charge in [-0.05, 0) is 37.6 Å². The molecule has 3 rings (SSSR count). The predicted molar refractivity (Wildman–Crippen MR) is 67.4 cm³/mol. The molecule has 1 aliphatic heterocycles. The van der Waals surface area contributed by atoms with Crippen LogP contribution in [-0.4, -0.2) is 16.7 Å². The molecule has 1 fully saturated rings. The van der Waals surface area contributed by atoms with Crippen molar-refractivity contribution in [2.45, 2.75) is 18.9 Å². The quantitative estimate of drug-likeness (QED) is 0.926. The van der Waals surface area contributed by atoms with Crippen LogP contribution in [0, 0.1) is 5.82 Å². The first kappa shape index (κ1) is 11.8. The Balaban J connectivity index is 1.94. The summed E-state index contributed by atoms with van der Waals surface area (Å²) in [7, 11) is 0. The lowest BCUT2D eigenvalue weighted by atomic mass is 10.2. The van der Waals surface area contributed by atoms with E-state index in [2.05, 4.69) is 31.4 Å². The summed E-state index contributed by atoms with van der Waals surface area (Å²) in [6, 6.07) is 4.53. The van der Waals surface area contributed by atoms with E-state index in [1.165, 1.54) is 12.1 Å². The molecule has 0 radical (unpaired) electrons. The van der Waals surface area contributed by atoms with Gasteiger partial charge in [0.25, 0.3) is 0 Å². The Morgan fingerprint density at radius 1 is 1.44 bits per heavy atom. The van der Waals surface area contributed by atoms with Gasteiger partial charge in [-0.1, -0.05) is 21.1 Å². The van der Waals surface area contributed by atoms with E-state index in [1.807, 2.05) is 0 Å². The normalized spacial score (nSPS) is 19.3. The zero-order chi connectivity index (χ0) is 12.5. The first-order valence-electron chi connectivity index (χ1n) is 5.76. The minimum Gasteiger partial charge on any atom is -0.337 e. The molecule has 6 heteroatoms. The molecule has 1 aromatic heterocycles. The van der Waals surface area contributed by atoms with Crippen molar-refractivity contribution in [1.82, 2.24) is 15.5 Å². The Kier molecular flexibility index (Phi) is 3.13. The maximum Gasteiger partial charge on any atom is 0.244 e. The fraction of sp³-hybridized carbons (Fsp3) is 0.333. The Morgan fingerprint density at radius 3 is 3.11 bits per heavy atom. The van der Waals surface area contributed by atoms with E-state index in [1.54, 1.807) is 6.07 Å². The fourth-order valence-corrected chi connectivity index (χ4v) is 2.47. The van der Waals surface area contributed by atoms with Crippen LogP contribution in [0.15, 0.2) is 27.2 Å². The molecule has 0 bridgehead atoms. The average Bonchev–Trinajstić information content (AvgIpc) is 3.00. The smallest absolute Gasteiger partial charge is 0.244 e. The lowest BCUT2D eigenvalue weighted by Gasteiger charge is -2.01. The highest BCUT2D eigenvalue weighted by Crippen LogP contribution is 2.29. The molecule has 2 aromatic rings. The predicted octanol–water partition coefficient (Wildman–Crippen LogP) is 3.06. The molecule has 18 heavy (non-hydrogen) atoms. The zero-order valence-corrected chi connectivity index (χ0v) is 11.1. The standard InChI is InChI=1S/C12H11BrFN3O/c13-9-4-3-7(14)6-8(9)11-16-12(18-17-11)10-2-1-5-15-10/h3-4,6,10,15H,1-2,5H2/t10-/m0/s1. The van der Waals surface area contributed by atoms with Gasteiger partial charge in [0.05, 0.1) is 6.04 Å². The van der Waals surface area contributed by atoms with Crippen LogP contribution in [-0.2, 0) is 0 Å². The molecular formula is C12H11BrFN3O. The minimum atomic E-state index is -0.321. The maximum atomic E-state index is 13.2. The summed E-state index contributed by atoms with van der Waals surface area (Å²) >= 11 is 3.36. The van der Waals surface area contributed by atoms with Gasteiger partial charge >= 0.3 is 0 Å².